The van der Waals surface area contributed by atoms with E-state index in [1.807, 2.05) is 4.68 Å². The van der Waals surface area contributed by atoms with Gasteiger partial charge in [0, 0.05) is 6.04 Å². The van der Waals surface area contributed by atoms with Gasteiger partial charge < -0.3 is 5.73 Å². The Balaban J connectivity index is 2.15. The van der Waals surface area contributed by atoms with E-state index in [0.717, 1.165) is 12.1 Å². The van der Waals surface area contributed by atoms with Gasteiger partial charge in [-0.2, -0.15) is 5.10 Å². The molecule has 2 rings (SSSR count). The molecule has 0 aromatic carbocycles. The van der Waals surface area contributed by atoms with Gasteiger partial charge in [-0.3, -0.25) is 4.68 Å². The first-order valence-electron chi connectivity index (χ1n) is 6.76. The van der Waals surface area contributed by atoms with Gasteiger partial charge in [-0.15, -0.1) is 0 Å². The maximum Gasteiger partial charge on any atom is 0.0834 e. The molecule has 0 amide bonds. The van der Waals surface area contributed by atoms with Crippen LogP contribution in [-0.2, 0) is 0 Å². The highest BCUT2D eigenvalue weighted by molar-refractivity contribution is 6.31. The van der Waals surface area contributed by atoms with E-state index in [2.05, 4.69) is 25.0 Å². The summed E-state index contributed by atoms with van der Waals surface area (Å²) in [7, 11) is 0. The van der Waals surface area contributed by atoms with Crippen LogP contribution in [0.3, 0.4) is 0 Å². The van der Waals surface area contributed by atoms with Crippen molar-refractivity contribution < 1.29 is 0 Å². The number of rotatable bonds is 4. The van der Waals surface area contributed by atoms with E-state index in [1.54, 1.807) is 6.20 Å². The Hall–Kier alpha value is -0.800. The highest BCUT2D eigenvalue weighted by Gasteiger charge is 2.20. The zero-order valence-corrected chi connectivity index (χ0v) is 12.0. The van der Waals surface area contributed by atoms with Gasteiger partial charge in [-0.1, -0.05) is 23.3 Å². The summed E-state index contributed by atoms with van der Waals surface area (Å²) in [6.45, 7) is 4.19. The van der Waals surface area contributed by atoms with Gasteiger partial charge in [0.05, 0.1) is 23.0 Å². The van der Waals surface area contributed by atoms with Crippen LogP contribution in [0.1, 0.15) is 63.7 Å². The Morgan fingerprint density at radius 3 is 2.83 bits per heavy atom. The number of allylic oxidation sites excluding steroid dienone is 1. The molecule has 100 valence electrons. The number of hydrogen-bond donors (Lipinski definition) is 1. The monoisotopic (exact) mass is 267 g/mol. The Labute approximate surface area is 114 Å². The second-order valence-corrected chi connectivity index (χ2v) is 5.74. The minimum Gasteiger partial charge on any atom is -0.322 e. The summed E-state index contributed by atoms with van der Waals surface area (Å²) in [5.41, 5.74) is 8.77. The Kier molecular flexibility index (Phi) is 4.46. The average Bonchev–Trinajstić information content (AvgIpc) is 2.72. The number of halogens is 1. The number of hydrogen-bond acceptors (Lipinski definition) is 2. The standard InChI is InChI=1S/C14H22ClN3/c1-10(2)18-14(12(15)9-17-18)13(16)8-11-6-4-3-5-7-11/h6,9-10,13H,3-5,7-8,16H2,1-2H3. The summed E-state index contributed by atoms with van der Waals surface area (Å²) < 4.78 is 1.94. The first-order chi connectivity index (χ1) is 8.59. The first-order valence-corrected chi connectivity index (χ1v) is 7.13. The molecule has 1 aromatic heterocycles. The largest absolute Gasteiger partial charge is 0.322 e. The summed E-state index contributed by atoms with van der Waals surface area (Å²) in [5.74, 6) is 0. The first kappa shape index (κ1) is 13.6. The molecule has 1 heterocycles. The predicted molar refractivity (Wildman–Crippen MR) is 75.7 cm³/mol. The van der Waals surface area contributed by atoms with Crippen molar-refractivity contribution in [3.63, 3.8) is 0 Å². The van der Waals surface area contributed by atoms with Crippen LogP contribution in [0, 0.1) is 0 Å². The maximum atomic E-state index is 6.32. The SMILES string of the molecule is CC(C)n1ncc(Cl)c1C(N)CC1=CCCCC1. The fraction of sp³-hybridized carbons (Fsp3) is 0.643. The van der Waals surface area contributed by atoms with Crippen molar-refractivity contribution >= 4 is 11.6 Å². The molecule has 1 aromatic rings. The van der Waals surface area contributed by atoms with Crippen LogP contribution in [0.15, 0.2) is 17.8 Å². The number of nitrogens with two attached hydrogens (primary N) is 1. The lowest BCUT2D eigenvalue weighted by atomic mass is 9.93. The van der Waals surface area contributed by atoms with Gasteiger partial charge in [-0.25, -0.2) is 0 Å². The summed E-state index contributed by atoms with van der Waals surface area (Å²) in [6.07, 6.45) is 9.91. The Bertz CT molecular complexity index is 434. The topological polar surface area (TPSA) is 43.8 Å². The van der Waals surface area contributed by atoms with Crippen molar-refractivity contribution in [3.8, 4) is 0 Å². The van der Waals surface area contributed by atoms with Crippen molar-refractivity contribution in [1.29, 1.82) is 0 Å². The molecule has 18 heavy (non-hydrogen) atoms. The summed E-state index contributed by atoms with van der Waals surface area (Å²) in [6, 6.07) is 0.241. The van der Waals surface area contributed by atoms with E-state index in [9.17, 15) is 0 Å². The van der Waals surface area contributed by atoms with E-state index in [1.165, 1.54) is 31.3 Å². The lowest BCUT2D eigenvalue weighted by Crippen LogP contribution is -2.19. The second-order valence-electron chi connectivity index (χ2n) is 5.33. The Morgan fingerprint density at radius 1 is 1.44 bits per heavy atom. The minimum atomic E-state index is -0.0493. The van der Waals surface area contributed by atoms with Crippen LogP contribution in [0.2, 0.25) is 5.02 Å². The van der Waals surface area contributed by atoms with Gasteiger partial charge >= 0.3 is 0 Å². The van der Waals surface area contributed by atoms with Crippen LogP contribution in [0.4, 0.5) is 0 Å². The lowest BCUT2D eigenvalue weighted by Gasteiger charge is -2.20. The smallest absolute Gasteiger partial charge is 0.0834 e. The third-order valence-electron chi connectivity index (χ3n) is 3.49. The molecule has 1 unspecified atom stereocenters. The molecule has 1 aliphatic rings. The molecular formula is C14H22ClN3. The number of aromatic nitrogens is 2. The minimum absolute atomic E-state index is 0.0493. The van der Waals surface area contributed by atoms with Gasteiger partial charge in [0.2, 0.25) is 0 Å². The maximum absolute atomic E-state index is 6.32. The highest BCUT2D eigenvalue weighted by atomic mass is 35.5. The van der Waals surface area contributed by atoms with E-state index in [0.29, 0.717) is 11.1 Å². The zero-order valence-electron chi connectivity index (χ0n) is 11.2. The lowest BCUT2D eigenvalue weighted by molar-refractivity contribution is 0.481. The quantitative estimate of drug-likeness (QED) is 0.838. The zero-order chi connectivity index (χ0) is 13.1. The van der Waals surface area contributed by atoms with Gasteiger partial charge in [0.1, 0.15) is 0 Å². The molecule has 0 radical (unpaired) electrons. The van der Waals surface area contributed by atoms with E-state index < -0.39 is 0 Å². The van der Waals surface area contributed by atoms with Crippen molar-refractivity contribution in [2.75, 3.05) is 0 Å². The normalized spacial score (nSPS) is 17.9. The second kappa shape index (κ2) is 5.89. The third-order valence-corrected chi connectivity index (χ3v) is 3.79. The summed E-state index contributed by atoms with van der Waals surface area (Å²) in [4.78, 5) is 0. The van der Waals surface area contributed by atoms with Gasteiger partial charge in [-0.05, 0) is 46.0 Å². The molecule has 0 bridgehead atoms. The van der Waals surface area contributed by atoms with Crippen LogP contribution in [0.25, 0.3) is 0 Å². The Morgan fingerprint density at radius 2 is 2.22 bits per heavy atom. The molecular weight excluding hydrogens is 246 g/mol. The van der Waals surface area contributed by atoms with Crippen molar-refractivity contribution in [3.05, 3.63) is 28.6 Å². The van der Waals surface area contributed by atoms with Crippen molar-refractivity contribution in [1.82, 2.24) is 9.78 Å². The van der Waals surface area contributed by atoms with Gasteiger partial charge in [0.25, 0.3) is 0 Å². The van der Waals surface area contributed by atoms with E-state index >= 15 is 0 Å². The molecule has 0 saturated carbocycles. The fourth-order valence-electron chi connectivity index (χ4n) is 2.58. The van der Waals surface area contributed by atoms with E-state index in [-0.39, 0.29) is 6.04 Å². The predicted octanol–water partition coefficient (Wildman–Crippen LogP) is 4.01. The average molecular weight is 268 g/mol. The van der Waals surface area contributed by atoms with Crippen LogP contribution < -0.4 is 5.73 Å². The van der Waals surface area contributed by atoms with Crippen molar-refractivity contribution in [2.24, 2.45) is 5.73 Å². The molecule has 0 saturated heterocycles. The van der Waals surface area contributed by atoms with Crippen LogP contribution >= 0.6 is 11.6 Å². The third kappa shape index (κ3) is 2.96. The molecule has 0 fully saturated rings. The van der Waals surface area contributed by atoms with E-state index in [4.69, 9.17) is 17.3 Å². The van der Waals surface area contributed by atoms with Crippen LogP contribution in [0.5, 0.6) is 0 Å². The molecule has 1 aliphatic carbocycles. The molecule has 4 heteroatoms. The van der Waals surface area contributed by atoms with Gasteiger partial charge in [0.15, 0.2) is 0 Å². The molecule has 3 nitrogen and oxygen atoms in total. The molecule has 2 N–H and O–H groups in total. The fourth-order valence-corrected chi connectivity index (χ4v) is 2.85. The summed E-state index contributed by atoms with van der Waals surface area (Å²) >= 11 is 6.22. The molecule has 0 spiro atoms. The highest BCUT2D eigenvalue weighted by Crippen LogP contribution is 2.30. The molecule has 1 atom stereocenters. The van der Waals surface area contributed by atoms with Crippen molar-refractivity contribution in [2.45, 2.75) is 58.0 Å². The molecule has 0 aliphatic heterocycles. The summed E-state index contributed by atoms with van der Waals surface area (Å²) in [5, 5.41) is 5.00. The van der Waals surface area contributed by atoms with Crippen LogP contribution in [-0.4, -0.2) is 9.78 Å². The number of nitrogens with zero attached hydrogens (tertiary/aromatic N) is 2.